The largest absolute Gasteiger partial charge is 0.504 e. The molecule has 64 valence electrons. The van der Waals surface area contributed by atoms with E-state index in [1.807, 2.05) is 6.07 Å². The molecule has 0 aliphatic rings. The van der Waals surface area contributed by atoms with Crippen LogP contribution in [0.1, 0.15) is 5.56 Å². The number of rotatable bonds is 0. The van der Waals surface area contributed by atoms with E-state index in [1.165, 1.54) is 11.3 Å². The molecule has 0 saturated carbocycles. The van der Waals surface area contributed by atoms with Crippen LogP contribution in [0.15, 0.2) is 17.5 Å². The zero-order valence-electron chi connectivity index (χ0n) is 6.48. The molecule has 0 aliphatic heterocycles. The molecule has 0 spiro atoms. The molecule has 0 aliphatic carbocycles. The summed E-state index contributed by atoms with van der Waals surface area (Å²) in [5, 5.41) is 29.8. The first-order chi connectivity index (χ1) is 6.24. The summed E-state index contributed by atoms with van der Waals surface area (Å²) in [6.07, 6.45) is 0. The minimum atomic E-state index is -0.339. The molecule has 2 aromatic rings. The minimum absolute atomic E-state index is 0.104. The number of hydrogen-bond acceptors (Lipinski definition) is 4. The Bertz CT molecular complexity index is 510. The van der Waals surface area contributed by atoms with Crippen molar-refractivity contribution >= 4 is 21.4 Å². The van der Waals surface area contributed by atoms with E-state index < -0.39 is 0 Å². The Balaban J connectivity index is 2.94. The quantitative estimate of drug-likeness (QED) is 0.627. The van der Waals surface area contributed by atoms with E-state index in [-0.39, 0.29) is 17.1 Å². The molecule has 2 rings (SSSR count). The van der Waals surface area contributed by atoms with Crippen molar-refractivity contribution in [1.82, 2.24) is 0 Å². The van der Waals surface area contributed by atoms with Gasteiger partial charge in [0.1, 0.15) is 6.07 Å². The lowest BCUT2D eigenvalue weighted by Gasteiger charge is -2.00. The topological polar surface area (TPSA) is 64.2 Å². The van der Waals surface area contributed by atoms with Crippen LogP contribution in [0.5, 0.6) is 11.5 Å². The Kier molecular flexibility index (Phi) is 1.61. The van der Waals surface area contributed by atoms with Crippen molar-refractivity contribution in [2.24, 2.45) is 0 Å². The van der Waals surface area contributed by atoms with Gasteiger partial charge in [-0.3, -0.25) is 0 Å². The average Bonchev–Trinajstić information content (AvgIpc) is 2.59. The van der Waals surface area contributed by atoms with Crippen LogP contribution in [-0.4, -0.2) is 10.2 Å². The number of fused-ring (bicyclic) bond motifs is 1. The van der Waals surface area contributed by atoms with E-state index in [0.29, 0.717) is 5.39 Å². The third-order valence-corrected chi connectivity index (χ3v) is 2.69. The van der Waals surface area contributed by atoms with E-state index >= 15 is 0 Å². The van der Waals surface area contributed by atoms with Crippen LogP contribution in [0.4, 0.5) is 0 Å². The molecule has 0 unspecified atom stereocenters. The second-order valence-electron chi connectivity index (χ2n) is 2.57. The monoisotopic (exact) mass is 191 g/mol. The summed E-state index contributed by atoms with van der Waals surface area (Å²) in [6.45, 7) is 0. The normalized spacial score (nSPS) is 10.1. The highest BCUT2D eigenvalue weighted by molar-refractivity contribution is 7.17. The minimum Gasteiger partial charge on any atom is -0.504 e. The Labute approximate surface area is 78.1 Å². The smallest absolute Gasteiger partial charge is 0.176 e. The molecule has 4 heteroatoms. The van der Waals surface area contributed by atoms with Crippen molar-refractivity contribution in [2.75, 3.05) is 0 Å². The van der Waals surface area contributed by atoms with Gasteiger partial charge in [0, 0.05) is 10.1 Å². The second-order valence-corrected chi connectivity index (χ2v) is 3.51. The summed E-state index contributed by atoms with van der Waals surface area (Å²) in [5.41, 5.74) is 0.104. The lowest BCUT2D eigenvalue weighted by molar-refractivity contribution is 0.407. The maximum Gasteiger partial charge on any atom is 0.176 e. The summed E-state index contributed by atoms with van der Waals surface area (Å²) < 4.78 is 0.798. The fourth-order valence-electron chi connectivity index (χ4n) is 1.17. The average molecular weight is 191 g/mol. The van der Waals surface area contributed by atoms with Crippen molar-refractivity contribution in [1.29, 1.82) is 5.26 Å². The maximum atomic E-state index is 9.46. The summed E-state index contributed by atoms with van der Waals surface area (Å²) in [4.78, 5) is 0. The van der Waals surface area contributed by atoms with Crippen LogP contribution in [0, 0.1) is 11.3 Å². The molecular formula is C9H5NO2S. The van der Waals surface area contributed by atoms with E-state index in [0.717, 1.165) is 4.70 Å². The molecule has 3 nitrogen and oxygen atoms in total. The molecular weight excluding hydrogens is 186 g/mol. The van der Waals surface area contributed by atoms with E-state index in [2.05, 4.69) is 0 Å². The van der Waals surface area contributed by atoms with E-state index in [1.54, 1.807) is 17.5 Å². The first kappa shape index (κ1) is 7.90. The number of thiophene rings is 1. The van der Waals surface area contributed by atoms with Gasteiger partial charge in [-0.15, -0.1) is 11.3 Å². The summed E-state index contributed by atoms with van der Waals surface area (Å²) in [7, 11) is 0. The zero-order chi connectivity index (χ0) is 9.42. The lowest BCUT2D eigenvalue weighted by atomic mass is 10.1. The van der Waals surface area contributed by atoms with Gasteiger partial charge < -0.3 is 10.2 Å². The number of hydrogen-bond donors (Lipinski definition) is 2. The van der Waals surface area contributed by atoms with Crippen molar-refractivity contribution in [2.45, 2.75) is 0 Å². The van der Waals surface area contributed by atoms with Crippen LogP contribution in [0.3, 0.4) is 0 Å². The van der Waals surface area contributed by atoms with Crippen molar-refractivity contribution in [3.05, 3.63) is 23.1 Å². The molecule has 1 aromatic carbocycles. The summed E-state index contributed by atoms with van der Waals surface area (Å²) in [5.74, 6) is -0.552. The fourth-order valence-corrected chi connectivity index (χ4v) is 2.00. The lowest BCUT2D eigenvalue weighted by Crippen LogP contribution is -1.77. The number of phenolic OH excluding ortho intramolecular Hbond substituents is 2. The summed E-state index contributed by atoms with van der Waals surface area (Å²) >= 11 is 1.42. The SMILES string of the molecule is N#Cc1cc2sccc2c(O)c1O. The van der Waals surface area contributed by atoms with Gasteiger partial charge in [0.25, 0.3) is 0 Å². The number of phenols is 2. The van der Waals surface area contributed by atoms with E-state index in [9.17, 15) is 10.2 Å². The molecule has 0 fully saturated rings. The number of benzene rings is 1. The van der Waals surface area contributed by atoms with Crippen LogP contribution in [-0.2, 0) is 0 Å². The van der Waals surface area contributed by atoms with Gasteiger partial charge in [-0.1, -0.05) is 0 Å². The highest BCUT2D eigenvalue weighted by atomic mass is 32.1. The molecule has 1 aromatic heterocycles. The first-order valence-corrected chi connectivity index (χ1v) is 4.44. The molecule has 13 heavy (non-hydrogen) atoms. The first-order valence-electron chi connectivity index (χ1n) is 3.56. The second kappa shape index (κ2) is 2.64. The summed E-state index contributed by atoms with van der Waals surface area (Å²) in [6, 6.07) is 5.08. The van der Waals surface area contributed by atoms with E-state index in [4.69, 9.17) is 5.26 Å². The molecule has 0 saturated heterocycles. The number of nitriles is 1. The van der Waals surface area contributed by atoms with Gasteiger partial charge in [0.2, 0.25) is 0 Å². The van der Waals surface area contributed by atoms with Crippen LogP contribution in [0.2, 0.25) is 0 Å². The van der Waals surface area contributed by atoms with Gasteiger partial charge in [0.05, 0.1) is 5.56 Å². The number of nitrogens with zero attached hydrogens (tertiary/aromatic N) is 1. The van der Waals surface area contributed by atoms with Gasteiger partial charge in [-0.2, -0.15) is 5.26 Å². The van der Waals surface area contributed by atoms with Crippen molar-refractivity contribution in [3.63, 3.8) is 0 Å². The van der Waals surface area contributed by atoms with Crippen molar-refractivity contribution < 1.29 is 10.2 Å². The zero-order valence-corrected chi connectivity index (χ0v) is 7.30. The molecule has 2 N–H and O–H groups in total. The number of aromatic hydroxyl groups is 2. The Morgan fingerprint density at radius 1 is 1.31 bits per heavy atom. The molecule has 0 radical (unpaired) electrons. The fraction of sp³-hybridized carbons (Fsp3) is 0. The third-order valence-electron chi connectivity index (χ3n) is 1.83. The van der Waals surface area contributed by atoms with Gasteiger partial charge >= 0.3 is 0 Å². The Hall–Kier alpha value is -1.73. The molecule has 0 atom stereocenters. The standard InChI is InChI=1S/C9H5NO2S/c10-4-5-3-7-6(1-2-13-7)9(12)8(5)11/h1-3,11-12H. The third kappa shape index (κ3) is 1.02. The molecule has 0 amide bonds. The Morgan fingerprint density at radius 2 is 2.08 bits per heavy atom. The molecule has 1 heterocycles. The predicted octanol–water partition coefficient (Wildman–Crippen LogP) is 2.18. The highest BCUT2D eigenvalue weighted by Crippen LogP contribution is 2.38. The van der Waals surface area contributed by atoms with Crippen LogP contribution < -0.4 is 0 Å². The molecule has 0 bridgehead atoms. The predicted molar refractivity (Wildman–Crippen MR) is 49.9 cm³/mol. The Morgan fingerprint density at radius 3 is 2.77 bits per heavy atom. The van der Waals surface area contributed by atoms with Gasteiger partial charge in [-0.05, 0) is 17.5 Å². The maximum absolute atomic E-state index is 9.46. The van der Waals surface area contributed by atoms with Crippen LogP contribution in [0.25, 0.3) is 10.1 Å². The van der Waals surface area contributed by atoms with Crippen LogP contribution >= 0.6 is 11.3 Å². The van der Waals surface area contributed by atoms with Crippen molar-refractivity contribution in [3.8, 4) is 17.6 Å². The van der Waals surface area contributed by atoms with Gasteiger partial charge in [0.15, 0.2) is 11.5 Å². The highest BCUT2D eigenvalue weighted by Gasteiger charge is 2.11. The van der Waals surface area contributed by atoms with Gasteiger partial charge in [-0.25, -0.2) is 0 Å².